The Kier molecular flexibility index (Phi) is 4.21. The highest BCUT2D eigenvalue weighted by atomic mass is 127. The standard InChI is InChI=1S/C11H13IN5O4P/c12-7-1-6(2-8(7)21-5-22(18,19)20)17-4-16-9-10(13)14-3-15-11(9)17/h1,3-4,6,8H,2,5H2,(H2,13,14,15)(H2,18,19,20)/t6-,8-/m0/s1. The fourth-order valence-corrected chi connectivity index (χ4v) is 3.56. The Labute approximate surface area is 138 Å². The van der Waals surface area contributed by atoms with Crippen LogP contribution in [0.2, 0.25) is 0 Å². The van der Waals surface area contributed by atoms with Crippen molar-refractivity contribution in [2.24, 2.45) is 0 Å². The predicted octanol–water partition coefficient (Wildman–Crippen LogP) is 1.19. The molecule has 0 radical (unpaired) electrons. The van der Waals surface area contributed by atoms with Gasteiger partial charge in [-0.25, -0.2) is 15.0 Å². The van der Waals surface area contributed by atoms with Crippen molar-refractivity contribution in [3.05, 3.63) is 22.3 Å². The Hall–Kier alpha value is -1.07. The molecule has 2 aromatic rings. The number of ether oxygens (including phenoxy) is 1. The molecule has 1 aliphatic carbocycles. The third kappa shape index (κ3) is 3.15. The van der Waals surface area contributed by atoms with E-state index in [1.165, 1.54) is 6.33 Å². The van der Waals surface area contributed by atoms with Gasteiger partial charge in [-0.2, -0.15) is 0 Å². The first-order valence-corrected chi connectivity index (χ1v) is 9.19. The molecule has 3 rings (SSSR count). The number of halogens is 1. The lowest BCUT2D eigenvalue weighted by Crippen LogP contribution is -2.14. The van der Waals surface area contributed by atoms with Crippen molar-refractivity contribution >= 4 is 47.2 Å². The molecule has 118 valence electrons. The van der Waals surface area contributed by atoms with Crippen LogP contribution in [-0.4, -0.2) is 41.8 Å². The summed E-state index contributed by atoms with van der Waals surface area (Å²) in [4.78, 5) is 30.1. The molecule has 0 amide bonds. The van der Waals surface area contributed by atoms with E-state index in [-0.39, 0.29) is 12.1 Å². The van der Waals surface area contributed by atoms with Crippen LogP contribution in [0.15, 0.2) is 22.3 Å². The predicted molar refractivity (Wildman–Crippen MR) is 87.3 cm³/mol. The van der Waals surface area contributed by atoms with Gasteiger partial charge in [0.25, 0.3) is 0 Å². The third-order valence-electron chi connectivity index (χ3n) is 3.30. The highest BCUT2D eigenvalue weighted by molar-refractivity contribution is 14.1. The number of nitrogen functional groups attached to an aromatic ring is 1. The van der Waals surface area contributed by atoms with Crippen molar-refractivity contribution in [3.63, 3.8) is 0 Å². The van der Waals surface area contributed by atoms with Crippen LogP contribution in [0, 0.1) is 0 Å². The topological polar surface area (TPSA) is 136 Å². The van der Waals surface area contributed by atoms with E-state index in [9.17, 15) is 4.57 Å². The number of allylic oxidation sites excluding steroid dienone is 1. The summed E-state index contributed by atoms with van der Waals surface area (Å²) in [6.45, 7) is 0. The first-order chi connectivity index (χ1) is 10.3. The van der Waals surface area contributed by atoms with Gasteiger partial charge < -0.3 is 24.8 Å². The molecule has 0 aromatic carbocycles. The van der Waals surface area contributed by atoms with E-state index >= 15 is 0 Å². The molecule has 11 heteroatoms. The maximum Gasteiger partial charge on any atom is 0.351 e. The van der Waals surface area contributed by atoms with E-state index in [0.717, 1.165) is 3.58 Å². The summed E-state index contributed by atoms with van der Waals surface area (Å²) in [6, 6.07) is -0.0621. The van der Waals surface area contributed by atoms with Crippen molar-refractivity contribution in [1.82, 2.24) is 19.5 Å². The van der Waals surface area contributed by atoms with Crippen LogP contribution in [-0.2, 0) is 9.30 Å². The molecule has 22 heavy (non-hydrogen) atoms. The zero-order chi connectivity index (χ0) is 15.9. The molecule has 0 fully saturated rings. The van der Waals surface area contributed by atoms with E-state index in [1.807, 2.05) is 10.6 Å². The zero-order valence-corrected chi connectivity index (χ0v) is 14.3. The normalized spacial score (nSPS) is 22.2. The van der Waals surface area contributed by atoms with E-state index < -0.39 is 13.9 Å². The molecule has 2 aromatic heterocycles. The van der Waals surface area contributed by atoms with Gasteiger partial charge in [-0.05, 0) is 28.7 Å². The van der Waals surface area contributed by atoms with Crippen LogP contribution in [0.25, 0.3) is 11.2 Å². The maximum atomic E-state index is 10.9. The van der Waals surface area contributed by atoms with Crippen molar-refractivity contribution in [3.8, 4) is 0 Å². The highest BCUT2D eigenvalue weighted by Crippen LogP contribution is 2.40. The monoisotopic (exact) mass is 437 g/mol. The Morgan fingerprint density at radius 2 is 2.23 bits per heavy atom. The van der Waals surface area contributed by atoms with E-state index in [1.54, 1.807) is 6.33 Å². The highest BCUT2D eigenvalue weighted by Gasteiger charge is 2.30. The van der Waals surface area contributed by atoms with Crippen molar-refractivity contribution in [1.29, 1.82) is 0 Å². The summed E-state index contributed by atoms with van der Waals surface area (Å²) in [6.07, 6.45) is 4.57. The number of anilines is 1. The smallest absolute Gasteiger partial charge is 0.351 e. The molecular weight excluding hydrogens is 424 g/mol. The number of nitrogens with zero attached hydrogens (tertiary/aromatic N) is 4. The van der Waals surface area contributed by atoms with Crippen molar-refractivity contribution < 1.29 is 19.1 Å². The second-order valence-electron chi connectivity index (χ2n) is 4.89. The van der Waals surface area contributed by atoms with Gasteiger partial charge in [-0.3, -0.25) is 4.57 Å². The number of nitrogens with two attached hydrogens (primary N) is 1. The van der Waals surface area contributed by atoms with Crippen LogP contribution < -0.4 is 5.73 Å². The molecular formula is C11H13IN5O4P. The van der Waals surface area contributed by atoms with Gasteiger partial charge >= 0.3 is 7.60 Å². The number of hydrogen-bond donors (Lipinski definition) is 3. The van der Waals surface area contributed by atoms with Crippen molar-refractivity contribution in [2.75, 3.05) is 12.1 Å². The quantitative estimate of drug-likeness (QED) is 0.480. The molecule has 0 saturated carbocycles. The maximum absolute atomic E-state index is 10.9. The fraction of sp³-hybridized carbons (Fsp3) is 0.364. The van der Waals surface area contributed by atoms with Gasteiger partial charge in [0.2, 0.25) is 0 Å². The average Bonchev–Trinajstić information content (AvgIpc) is 3.00. The molecule has 2 atom stereocenters. The number of rotatable bonds is 4. The van der Waals surface area contributed by atoms with E-state index in [2.05, 4.69) is 37.5 Å². The van der Waals surface area contributed by atoms with Crippen LogP contribution >= 0.6 is 30.2 Å². The SMILES string of the molecule is Nc1ncnc2c1ncn2[C@H]1C=C(I)[C@@H](OCP(=O)(O)O)C1. The molecule has 1 aliphatic rings. The second-order valence-corrected chi connectivity index (χ2v) is 7.72. The first-order valence-electron chi connectivity index (χ1n) is 6.31. The third-order valence-corrected chi connectivity index (χ3v) is 4.84. The minimum absolute atomic E-state index is 0.0621. The molecule has 4 N–H and O–H groups in total. The van der Waals surface area contributed by atoms with Gasteiger partial charge in [-0.15, -0.1) is 0 Å². The zero-order valence-electron chi connectivity index (χ0n) is 11.2. The summed E-state index contributed by atoms with van der Waals surface area (Å²) in [7, 11) is -4.18. The van der Waals surface area contributed by atoms with E-state index in [0.29, 0.717) is 23.4 Å². The van der Waals surface area contributed by atoms with Gasteiger partial charge in [0.1, 0.15) is 18.2 Å². The van der Waals surface area contributed by atoms with E-state index in [4.69, 9.17) is 20.3 Å². The lowest BCUT2D eigenvalue weighted by atomic mass is 10.2. The lowest BCUT2D eigenvalue weighted by molar-refractivity contribution is 0.101. The van der Waals surface area contributed by atoms with Crippen LogP contribution in [0.3, 0.4) is 0 Å². The molecule has 0 saturated heterocycles. The van der Waals surface area contributed by atoms with Gasteiger partial charge in [-0.1, -0.05) is 0 Å². The fourth-order valence-electron chi connectivity index (χ4n) is 2.33. The number of aromatic nitrogens is 4. The summed E-state index contributed by atoms with van der Waals surface area (Å²) in [5.74, 6) is 0.315. The number of imidazole rings is 1. The Morgan fingerprint density at radius 3 is 2.95 bits per heavy atom. The molecule has 0 aliphatic heterocycles. The van der Waals surface area contributed by atoms with Gasteiger partial charge in [0.15, 0.2) is 11.5 Å². The lowest BCUT2D eigenvalue weighted by Gasteiger charge is -2.15. The number of hydrogen-bond acceptors (Lipinski definition) is 6. The second kappa shape index (κ2) is 5.85. The Bertz CT molecular complexity index is 788. The first kappa shape index (κ1) is 15.8. The molecule has 0 spiro atoms. The summed E-state index contributed by atoms with van der Waals surface area (Å²) in [5, 5.41) is 0. The molecule has 0 bridgehead atoms. The van der Waals surface area contributed by atoms with Crippen molar-refractivity contribution in [2.45, 2.75) is 18.6 Å². The summed E-state index contributed by atoms with van der Waals surface area (Å²) in [5.41, 5.74) is 6.92. The molecule has 9 nitrogen and oxygen atoms in total. The Balaban J connectivity index is 1.82. The van der Waals surface area contributed by atoms with Gasteiger partial charge in [0.05, 0.1) is 18.5 Å². The van der Waals surface area contributed by atoms with Crippen LogP contribution in [0.5, 0.6) is 0 Å². The molecule has 2 heterocycles. The minimum Gasteiger partial charge on any atom is -0.382 e. The Morgan fingerprint density at radius 1 is 1.45 bits per heavy atom. The van der Waals surface area contributed by atoms with Crippen LogP contribution in [0.1, 0.15) is 12.5 Å². The number of fused-ring (bicyclic) bond motifs is 1. The van der Waals surface area contributed by atoms with Crippen LogP contribution in [0.4, 0.5) is 5.82 Å². The summed E-state index contributed by atoms with van der Waals surface area (Å²) >= 11 is 2.11. The molecule has 0 unspecified atom stereocenters. The van der Waals surface area contributed by atoms with Gasteiger partial charge in [0, 0.05) is 10.0 Å². The summed E-state index contributed by atoms with van der Waals surface area (Å²) < 4.78 is 19.0. The average molecular weight is 437 g/mol. The largest absolute Gasteiger partial charge is 0.382 e. The minimum atomic E-state index is -4.18.